The van der Waals surface area contributed by atoms with Gasteiger partial charge in [-0.05, 0) is 26.0 Å². The van der Waals surface area contributed by atoms with Crippen LogP contribution in [0.2, 0.25) is 0 Å². The molecule has 0 amide bonds. The number of aliphatic hydroxyl groups excluding tert-OH is 1. The molecule has 0 heterocycles. The fourth-order valence-corrected chi connectivity index (χ4v) is 2.67. The minimum Gasteiger partial charge on any atom is -0.512 e. The topological polar surface area (TPSA) is 63.9 Å². The van der Waals surface area contributed by atoms with Crippen molar-refractivity contribution in [2.24, 2.45) is 0 Å². The lowest BCUT2D eigenvalue weighted by molar-refractivity contribution is 0.267. The first kappa shape index (κ1) is 18.6. The summed E-state index contributed by atoms with van der Waals surface area (Å²) in [7, 11) is 0. The van der Waals surface area contributed by atoms with Gasteiger partial charge < -0.3 is 15.3 Å². The predicted octanol–water partition coefficient (Wildman–Crippen LogP) is 4.51. The number of phenols is 2. The van der Waals surface area contributed by atoms with Gasteiger partial charge in [0.05, 0.1) is 5.76 Å². The Kier molecular flexibility index (Phi) is 6.66. The molecular formula is C21H25NO3. The Morgan fingerprint density at radius 1 is 0.920 bits per heavy atom. The van der Waals surface area contributed by atoms with Crippen LogP contribution in [-0.4, -0.2) is 26.8 Å². The van der Waals surface area contributed by atoms with Gasteiger partial charge >= 0.3 is 0 Å². The van der Waals surface area contributed by atoms with Gasteiger partial charge in [-0.2, -0.15) is 0 Å². The predicted molar refractivity (Wildman–Crippen MR) is 100 cm³/mol. The highest BCUT2D eigenvalue weighted by Gasteiger charge is 2.14. The number of hydrogen-bond donors (Lipinski definition) is 3. The van der Waals surface area contributed by atoms with Crippen molar-refractivity contribution in [2.75, 3.05) is 6.54 Å². The zero-order chi connectivity index (χ0) is 18.2. The average molecular weight is 339 g/mol. The molecule has 0 unspecified atom stereocenters. The lowest BCUT2D eigenvalue weighted by Crippen LogP contribution is -2.25. The van der Waals surface area contributed by atoms with Gasteiger partial charge in [-0.15, -0.1) is 0 Å². The van der Waals surface area contributed by atoms with Gasteiger partial charge in [0.25, 0.3) is 0 Å². The molecule has 4 heteroatoms. The number of hydrogen-bond acceptors (Lipinski definition) is 4. The molecule has 0 atom stereocenters. The van der Waals surface area contributed by atoms with Crippen molar-refractivity contribution in [3.63, 3.8) is 0 Å². The van der Waals surface area contributed by atoms with E-state index >= 15 is 0 Å². The van der Waals surface area contributed by atoms with E-state index in [-0.39, 0.29) is 17.3 Å². The van der Waals surface area contributed by atoms with Crippen LogP contribution in [0, 0.1) is 0 Å². The number of rotatable bonds is 7. The molecule has 0 fully saturated rings. The van der Waals surface area contributed by atoms with E-state index in [4.69, 9.17) is 0 Å². The van der Waals surface area contributed by atoms with E-state index in [0.29, 0.717) is 19.6 Å². The molecule has 4 nitrogen and oxygen atoms in total. The molecule has 2 aromatic rings. The zero-order valence-corrected chi connectivity index (χ0v) is 14.7. The molecule has 132 valence electrons. The van der Waals surface area contributed by atoms with Crippen LogP contribution in [-0.2, 0) is 13.1 Å². The summed E-state index contributed by atoms with van der Waals surface area (Å²) < 4.78 is 0. The minimum atomic E-state index is 0.238. The first-order valence-corrected chi connectivity index (χ1v) is 8.28. The molecule has 0 aliphatic carbocycles. The van der Waals surface area contributed by atoms with E-state index in [1.54, 1.807) is 31.2 Å². The molecular weight excluding hydrogens is 314 g/mol. The summed E-state index contributed by atoms with van der Waals surface area (Å²) in [6.45, 7) is 5.05. The van der Waals surface area contributed by atoms with Gasteiger partial charge in [-0.1, -0.05) is 48.6 Å². The maximum atomic E-state index is 10.1. The summed E-state index contributed by atoms with van der Waals surface area (Å²) in [4.78, 5) is 2.07. The lowest BCUT2D eigenvalue weighted by atomic mass is 10.1. The summed E-state index contributed by atoms with van der Waals surface area (Å²) in [5, 5.41) is 30.1. The van der Waals surface area contributed by atoms with E-state index in [1.165, 1.54) is 0 Å². The van der Waals surface area contributed by atoms with Crippen LogP contribution in [0.4, 0.5) is 0 Å². The molecule has 0 saturated carbocycles. The van der Waals surface area contributed by atoms with E-state index in [2.05, 4.69) is 4.90 Å². The van der Waals surface area contributed by atoms with Crippen molar-refractivity contribution in [1.82, 2.24) is 4.90 Å². The van der Waals surface area contributed by atoms with Gasteiger partial charge in [-0.25, -0.2) is 0 Å². The van der Waals surface area contributed by atoms with Crippen LogP contribution in [0.5, 0.6) is 11.5 Å². The van der Waals surface area contributed by atoms with Gasteiger partial charge in [0.2, 0.25) is 0 Å². The smallest absolute Gasteiger partial charge is 0.120 e. The molecule has 0 aliphatic rings. The monoisotopic (exact) mass is 339 g/mol. The van der Waals surface area contributed by atoms with Gasteiger partial charge in [0.15, 0.2) is 0 Å². The molecule has 0 radical (unpaired) electrons. The third-order valence-corrected chi connectivity index (χ3v) is 4.00. The van der Waals surface area contributed by atoms with E-state index in [0.717, 1.165) is 16.7 Å². The number of aliphatic hydroxyl groups is 1. The van der Waals surface area contributed by atoms with Crippen LogP contribution < -0.4 is 0 Å². The Balaban J connectivity index is 2.29. The van der Waals surface area contributed by atoms with Gasteiger partial charge in [-0.3, -0.25) is 4.90 Å². The molecule has 25 heavy (non-hydrogen) atoms. The highest BCUT2D eigenvalue weighted by Crippen LogP contribution is 2.23. The van der Waals surface area contributed by atoms with E-state index < -0.39 is 0 Å². The number of phenolic OH excluding ortho intramolecular Hbond substituents is 2. The zero-order valence-electron chi connectivity index (χ0n) is 14.7. The second-order valence-electron chi connectivity index (χ2n) is 6.01. The Bertz CT molecular complexity index is 714. The number of para-hydroxylation sites is 2. The first-order valence-electron chi connectivity index (χ1n) is 8.28. The van der Waals surface area contributed by atoms with Crippen molar-refractivity contribution in [1.29, 1.82) is 0 Å². The number of allylic oxidation sites excluding steroid dienone is 2. The van der Waals surface area contributed by atoms with Crippen LogP contribution in [0.15, 0.2) is 72.0 Å². The Labute approximate surface area is 149 Å². The number of nitrogens with zero attached hydrogens (tertiary/aromatic N) is 1. The molecule has 0 spiro atoms. The average Bonchev–Trinajstić information content (AvgIpc) is 2.58. The van der Waals surface area contributed by atoms with E-state index in [9.17, 15) is 15.3 Å². The van der Waals surface area contributed by atoms with Crippen LogP contribution in [0.25, 0.3) is 0 Å². The highest BCUT2D eigenvalue weighted by molar-refractivity contribution is 5.34. The van der Waals surface area contributed by atoms with Crippen LogP contribution in [0.3, 0.4) is 0 Å². The van der Waals surface area contributed by atoms with Crippen molar-refractivity contribution in [3.05, 3.63) is 83.1 Å². The minimum absolute atomic E-state index is 0.238. The first-order chi connectivity index (χ1) is 12.0. The number of aromatic hydroxyl groups is 2. The summed E-state index contributed by atoms with van der Waals surface area (Å²) in [5.74, 6) is 0.738. The SMILES string of the molecule is C/C=C\C(CN(Cc1ccccc1O)Cc1ccccc1O)=C(/C)O. The molecule has 3 N–H and O–H groups in total. The molecule has 0 aliphatic heterocycles. The normalized spacial score (nSPS) is 12.6. The lowest BCUT2D eigenvalue weighted by Gasteiger charge is -2.24. The maximum Gasteiger partial charge on any atom is 0.120 e. The second-order valence-corrected chi connectivity index (χ2v) is 6.01. The fraction of sp³-hybridized carbons (Fsp3) is 0.238. The molecule has 0 bridgehead atoms. The number of benzene rings is 2. The third kappa shape index (κ3) is 5.40. The van der Waals surface area contributed by atoms with Gasteiger partial charge in [0, 0.05) is 36.3 Å². The third-order valence-electron chi connectivity index (χ3n) is 4.00. The quantitative estimate of drug-likeness (QED) is 0.513. The fourth-order valence-electron chi connectivity index (χ4n) is 2.67. The van der Waals surface area contributed by atoms with Crippen molar-refractivity contribution in [3.8, 4) is 11.5 Å². The summed E-state index contributed by atoms with van der Waals surface area (Å²) in [6, 6.07) is 14.4. The largest absolute Gasteiger partial charge is 0.512 e. The molecule has 2 rings (SSSR count). The van der Waals surface area contributed by atoms with Crippen LogP contribution >= 0.6 is 0 Å². The second kappa shape index (κ2) is 8.94. The Morgan fingerprint density at radius 3 is 1.80 bits per heavy atom. The highest BCUT2D eigenvalue weighted by atomic mass is 16.3. The van der Waals surface area contributed by atoms with Crippen molar-refractivity contribution < 1.29 is 15.3 Å². The Morgan fingerprint density at radius 2 is 1.40 bits per heavy atom. The standard InChI is InChI=1S/C21H25NO3/c1-3-8-17(16(2)23)13-22(14-18-9-4-6-11-20(18)24)15-19-10-5-7-12-21(19)25/h3-12,23-25H,13-15H2,1-2H3/b8-3-,17-16-. The molecule has 0 aromatic heterocycles. The Hall–Kier alpha value is -2.72. The molecule has 0 saturated heterocycles. The summed E-state index contributed by atoms with van der Waals surface area (Å²) in [5.41, 5.74) is 2.40. The van der Waals surface area contributed by atoms with Gasteiger partial charge in [0.1, 0.15) is 11.5 Å². The van der Waals surface area contributed by atoms with Crippen molar-refractivity contribution in [2.45, 2.75) is 26.9 Å². The summed E-state index contributed by atoms with van der Waals surface area (Å²) >= 11 is 0. The van der Waals surface area contributed by atoms with E-state index in [1.807, 2.05) is 43.3 Å². The van der Waals surface area contributed by atoms with Crippen molar-refractivity contribution >= 4 is 0 Å². The summed E-state index contributed by atoms with van der Waals surface area (Å²) in [6.07, 6.45) is 3.76. The molecule has 2 aromatic carbocycles. The van der Waals surface area contributed by atoms with Crippen LogP contribution in [0.1, 0.15) is 25.0 Å². The maximum absolute atomic E-state index is 10.1.